The van der Waals surface area contributed by atoms with Gasteiger partial charge < -0.3 is 10.4 Å². The smallest absolute Gasteiger partial charge is 0.293 e. The van der Waals surface area contributed by atoms with E-state index in [4.69, 9.17) is 0 Å². The molecule has 0 amide bonds. The summed E-state index contributed by atoms with van der Waals surface area (Å²) in [4.78, 5) is 10.6. The quantitative estimate of drug-likeness (QED) is 0.584. The third kappa shape index (κ3) is 4.68. The molecule has 140 valence electrons. The molecule has 1 aromatic rings. The molecule has 0 radical (unpaired) electrons. The summed E-state index contributed by atoms with van der Waals surface area (Å²) in [5, 5.41) is 23.4. The molecule has 1 saturated heterocycles. The number of nitro groups is 1. The number of hydrogen-bond acceptors (Lipinski definition) is 6. The minimum absolute atomic E-state index is 0.0805. The van der Waals surface area contributed by atoms with E-state index in [9.17, 15) is 23.6 Å². The fraction of sp³-hybridized carbons (Fsp3) is 0.625. The lowest BCUT2D eigenvalue weighted by Gasteiger charge is -2.34. The van der Waals surface area contributed by atoms with Gasteiger partial charge in [-0.2, -0.15) is 4.31 Å². The van der Waals surface area contributed by atoms with Crippen molar-refractivity contribution in [2.75, 3.05) is 25.0 Å². The number of aliphatic hydroxyl groups excluding tert-OH is 1. The first-order chi connectivity index (χ1) is 11.6. The number of sulfonamides is 1. The van der Waals surface area contributed by atoms with Crippen LogP contribution in [-0.4, -0.2) is 48.5 Å². The largest absolute Gasteiger partial charge is 0.392 e. The third-order valence-electron chi connectivity index (χ3n) is 4.23. The van der Waals surface area contributed by atoms with Crippen LogP contribution in [0, 0.1) is 22.0 Å². The van der Waals surface area contributed by atoms with Crippen LogP contribution in [0.5, 0.6) is 0 Å². The summed E-state index contributed by atoms with van der Waals surface area (Å²) in [5.41, 5.74) is -0.134. The average molecular weight is 371 g/mol. The molecule has 8 nitrogen and oxygen atoms in total. The van der Waals surface area contributed by atoms with Crippen molar-refractivity contribution in [3.05, 3.63) is 28.3 Å². The van der Waals surface area contributed by atoms with Crippen LogP contribution < -0.4 is 5.32 Å². The maximum Gasteiger partial charge on any atom is 0.293 e. The number of benzene rings is 1. The highest BCUT2D eigenvalue weighted by Crippen LogP contribution is 2.31. The van der Waals surface area contributed by atoms with Crippen LogP contribution in [-0.2, 0) is 10.0 Å². The van der Waals surface area contributed by atoms with Gasteiger partial charge in [-0.15, -0.1) is 0 Å². The van der Waals surface area contributed by atoms with Gasteiger partial charge in [0.25, 0.3) is 5.69 Å². The highest BCUT2D eigenvalue weighted by molar-refractivity contribution is 7.89. The van der Waals surface area contributed by atoms with Crippen LogP contribution in [0.15, 0.2) is 23.1 Å². The van der Waals surface area contributed by atoms with Crippen molar-refractivity contribution >= 4 is 21.4 Å². The molecule has 2 N–H and O–H groups in total. The van der Waals surface area contributed by atoms with Gasteiger partial charge in [0.15, 0.2) is 0 Å². The summed E-state index contributed by atoms with van der Waals surface area (Å²) in [6.07, 6.45) is 0.285. The topological polar surface area (TPSA) is 113 Å². The molecule has 1 aliphatic heterocycles. The standard InChI is InChI=1S/C16H25N3O5S/c1-11-6-12(2)10-18(9-11)25(23,24)14-4-5-15(17-8-13(3)20)16(7-14)19(21)22/h4-5,7,11-13,17,20H,6,8-10H2,1-3H3/t11-,12+,13-/m0/s1. The molecule has 0 spiro atoms. The Hall–Kier alpha value is -1.71. The third-order valence-corrected chi connectivity index (χ3v) is 6.05. The second kappa shape index (κ2) is 7.67. The molecule has 1 aliphatic rings. The highest BCUT2D eigenvalue weighted by atomic mass is 32.2. The van der Waals surface area contributed by atoms with Crippen molar-refractivity contribution in [1.82, 2.24) is 4.31 Å². The van der Waals surface area contributed by atoms with E-state index in [2.05, 4.69) is 5.32 Å². The summed E-state index contributed by atoms with van der Waals surface area (Å²) in [6, 6.07) is 3.84. The fourth-order valence-electron chi connectivity index (χ4n) is 3.18. The van der Waals surface area contributed by atoms with Crippen molar-refractivity contribution < 1.29 is 18.4 Å². The molecule has 3 atom stereocenters. The SMILES string of the molecule is C[C@@H]1C[C@H](C)CN(S(=O)(=O)c2ccc(NC[C@H](C)O)c([N+](=O)[O-])c2)C1. The Balaban J connectivity index is 2.34. The van der Waals surface area contributed by atoms with E-state index in [-0.39, 0.29) is 34.7 Å². The molecule has 1 heterocycles. The van der Waals surface area contributed by atoms with E-state index in [0.717, 1.165) is 12.5 Å². The number of rotatable bonds is 6. The summed E-state index contributed by atoms with van der Waals surface area (Å²) in [6.45, 7) is 6.53. The van der Waals surface area contributed by atoms with Crippen LogP contribution in [0.3, 0.4) is 0 Å². The van der Waals surface area contributed by atoms with Gasteiger partial charge >= 0.3 is 0 Å². The Morgan fingerprint density at radius 1 is 1.36 bits per heavy atom. The van der Waals surface area contributed by atoms with Crippen molar-refractivity contribution in [3.63, 3.8) is 0 Å². The number of aliphatic hydroxyl groups is 1. The molecule has 1 fully saturated rings. The second-order valence-corrected chi connectivity index (χ2v) is 8.87. The van der Waals surface area contributed by atoms with Gasteiger partial charge in [0.1, 0.15) is 5.69 Å². The van der Waals surface area contributed by atoms with Crippen molar-refractivity contribution in [3.8, 4) is 0 Å². The van der Waals surface area contributed by atoms with E-state index >= 15 is 0 Å². The van der Waals surface area contributed by atoms with Gasteiger partial charge in [-0.1, -0.05) is 13.8 Å². The zero-order chi connectivity index (χ0) is 18.8. The summed E-state index contributed by atoms with van der Waals surface area (Å²) in [5.74, 6) is 0.501. The molecule has 25 heavy (non-hydrogen) atoms. The van der Waals surface area contributed by atoms with E-state index < -0.39 is 21.1 Å². The first-order valence-electron chi connectivity index (χ1n) is 8.31. The number of nitro benzene ring substituents is 1. The molecule has 0 bridgehead atoms. The number of nitrogens with zero attached hydrogens (tertiary/aromatic N) is 2. The maximum atomic E-state index is 12.9. The molecule has 1 aromatic carbocycles. The van der Waals surface area contributed by atoms with Crippen LogP contribution in [0.25, 0.3) is 0 Å². The average Bonchev–Trinajstić information content (AvgIpc) is 2.51. The van der Waals surface area contributed by atoms with Gasteiger partial charge in [-0.25, -0.2) is 8.42 Å². The minimum atomic E-state index is -3.78. The van der Waals surface area contributed by atoms with Gasteiger partial charge in [-0.05, 0) is 37.3 Å². The van der Waals surface area contributed by atoms with Crippen LogP contribution in [0.4, 0.5) is 11.4 Å². The Bertz CT molecular complexity index is 725. The summed E-state index contributed by atoms with van der Waals surface area (Å²) >= 11 is 0. The van der Waals surface area contributed by atoms with Crippen molar-refractivity contribution in [2.45, 2.75) is 38.2 Å². The molecule has 2 rings (SSSR count). The van der Waals surface area contributed by atoms with Crippen molar-refractivity contribution in [1.29, 1.82) is 0 Å². The molecule has 0 aromatic heterocycles. The van der Waals surface area contributed by atoms with Gasteiger partial charge in [0.05, 0.1) is 15.9 Å². The normalized spacial score (nSPS) is 23.2. The summed E-state index contributed by atoms with van der Waals surface area (Å²) < 4.78 is 27.2. The van der Waals surface area contributed by atoms with Gasteiger partial charge in [-0.3, -0.25) is 10.1 Å². The monoisotopic (exact) mass is 371 g/mol. The molecule has 0 saturated carbocycles. The van der Waals surface area contributed by atoms with E-state index in [1.165, 1.54) is 16.4 Å². The fourth-order valence-corrected chi connectivity index (χ4v) is 4.88. The Kier molecular flexibility index (Phi) is 6.02. The predicted octanol–water partition coefficient (Wildman–Crippen LogP) is 2.05. The van der Waals surface area contributed by atoms with E-state index in [1.54, 1.807) is 6.92 Å². The van der Waals surface area contributed by atoms with E-state index in [0.29, 0.717) is 13.1 Å². The zero-order valence-corrected chi connectivity index (χ0v) is 15.5. The number of piperidine rings is 1. The van der Waals surface area contributed by atoms with Gasteiger partial charge in [0.2, 0.25) is 10.0 Å². The lowest BCUT2D eigenvalue weighted by molar-refractivity contribution is -0.384. The molecular weight excluding hydrogens is 346 g/mol. The minimum Gasteiger partial charge on any atom is -0.392 e. The second-order valence-electron chi connectivity index (χ2n) is 6.93. The predicted molar refractivity (Wildman–Crippen MR) is 95.0 cm³/mol. The van der Waals surface area contributed by atoms with Crippen molar-refractivity contribution in [2.24, 2.45) is 11.8 Å². The highest BCUT2D eigenvalue weighted by Gasteiger charge is 2.33. The number of hydrogen-bond donors (Lipinski definition) is 2. The number of anilines is 1. The first-order valence-corrected chi connectivity index (χ1v) is 9.75. The molecule has 0 aliphatic carbocycles. The molecular formula is C16H25N3O5S. The zero-order valence-electron chi connectivity index (χ0n) is 14.7. The lowest BCUT2D eigenvalue weighted by atomic mass is 9.94. The van der Waals surface area contributed by atoms with Crippen LogP contribution in [0.2, 0.25) is 0 Å². The Morgan fingerprint density at radius 2 is 1.96 bits per heavy atom. The summed E-state index contributed by atoms with van der Waals surface area (Å²) in [7, 11) is -3.78. The molecule has 9 heteroatoms. The van der Waals surface area contributed by atoms with Crippen LogP contribution >= 0.6 is 0 Å². The lowest BCUT2D eigenvalue weighted by Crippen LogP contribution is -2.42. The molecule has 0 unspecified atom stereocenters. The van der Waals surface area contributed by atoms with E-state index in [1.807, 2.05) is 13.8 Å². The first kappa shape index (κ1) is 19.6. The number of nitrogens with one attached hydrogen (secondary N) is 1. The van der Waals surface area contributed by atoms with Gasteiger partial charge in [0, 0.05) is 25.7 Å². The maximum absolute atomic E-state index is 12.9. The Morgan fingerprint density at radius 3 is 2.48 bits per heavy atom. The Labute approximate surface area is 148 Å². The van der Waals surface area contributed by atoms with Crippen LogP contribution in [0.1, 0.15) is 27.2 Å².